The minimum atomic E-state index is -1.69. The van der Waals surface area contributed by atoms with E-state index < -0.39 is 39.6 Å². The largest absolute Gasteiger partial charge is 0.468 e. The van der Waals surface area contributed by atoms with Crippen LogP contribution in [0.2, 0.25) is 0 Å². The van der Waals surface area contributed by atoms with Gasteiger partial charge < -0.3 is 4.74 Å². The van der Waals surface area contributed by atoms with E-state index in [1.54, 1.807) is 16.4 Å². The summed E-state index contributed by atoms with van der Waals surface area (Å²) in [6, 6.07) is 22.3. The number of nitrogens with zero attached hydrogens (tertiary/aromatic N) is 2. The van der Waals surface area contributed by atoms with Gasteiger partial charge in [0.25, 0.3) is 5.69 Å². The van der Waals surface area contributed by atoms with Crippen molar-refractivity contribution in [1.82, 2.24) is 9.62 Å². The molecule has 1 aliphatic heterocycles. The normalized spacial score (nSPS) is 22.6. The van der Waals surface area contributed by atoms with Gasteiger partial charge in [-0.3, -0.25) is 15.4 Å². The van der Waals surface area contributed by atoms with E-state index in [0.717, 1.165) is 11.1 Å². The van der Waals surface area contributed by atoms with Gasteiger partial charge in [0, 0.05) is 12.1 Å². The number of rotatable bonds is 8. The molecule has 1 heterocycles. The van der Waals surface area contributed by atoms with Crippen molar-refractivity contribution >= 4 is 22.6 Å². The molecule has 4 rings (SSSR count). The Morgan fingerprint density at radius 2 is 1.68 bits per heavy atom. The Morgan fingerprint density at radius 3 is 2.22 bits per heavy atom. The van der Waals surface area contributed by atoms with Gasteiger partial charge in [0.05, 0.1) is 29.1 Å². The van der Waals surface area contributed by atoms with Crippen LogP contribution in [0.5, 0.6) is 0 Å². The van der Waals surface area contributed by atoms with Crippen LogP contribution in [0.15, 0.2) is 83.8 Å². The minimum absolute atomic E-state index is 0.0620. The molecule has 1 aliphatic rings. The van der Waals surface area contributed by atoms with Crippen LogP contribution in [0.3, 0.4) is 0 Å². The predicted octanol–water partition coefficient (Wildman–Crippen LogP) is 5.23. The van der Waals surface area contributed by atoms with E-state index in [9.17, 15) is 19.1 Å². The zero-order chi connectivity index (χ0) is 26.7. The zero-order valence-electron chi connectivity index (χ0n) is 21.3. The van der Waals surface area contributed by atoms with Crippen molar-refractivity contribution in [1.29, 1.82) is 0 Å². The minimum Gasteiger partial charge on any atom is -0.468 e. The number of hydrogen-bond donors (Lipinski definition) is 1. The highest BCUT2D eigenvalue weighted by Gasteiger charge is 2.60. The molecular weight excluding hydrogens is 490 g/mol. The number of benzene rings is 3. The van der Waals surface area contributed by atoms with Crippen molar-refractivity contribution in [2.24, 2.45) is 5.92 Å². The van der Waals surface area contributed by atoms with Crippen molar-refractivity contribution in [2.75, 3.05) is 7.11 Å². The second kappa shape index (κ2) is 10.9. The molecule has 4 atom stereocenters. The fourth-order valence-corrected chi connectivity index (χ4v) is 6.52. The lowest BCUT2D eigenvalue weighted by atomic mass is 9.80. The number of esters is 1. The maximum atomic E-state index is 14.3. The summed E-state index contributed by atoms with van der Waals surface area (Å²) in [6.45, 7) is 5.98. The molecule has 1 unspecified atom stereocenters. The number of nitrogens with one attached hydrogen (secondary N) is 1. The van der Waals surface area contributed by atoms with E-state index in [2.05, 4.69) is 5.32 Å². The van der Waals surface area contributed by atoms with Gasteiger partial charge in [0.1, 0.15) is 16.5 Å². The van der Waals surface area contributed by atoms with Crippen LogP contribution in [-0.4, -0.2) is 32.1 Å². The molecule has 0 radical (unpaired) electrons. The first-order valence-corrected chi connectivity index (χ1v) is 13.2. The smallest absolute Gasteiger partial charge is 0.328 e. The van der Waals surface area contributed by atoms with E-state index in [-0.39, 0.29) is 11.6 Å². The number of nitro benzene ring substituents is 1. The monoisotopic (exact) mass is 521 g/mol. The van der Waals surface area contributed by atoms with Crippen molar-refractivity contribution in [3.05, 3.63) is 106 Å². The van der Waals surface area contributed by atoms with E-state index in [1.165, 1.54) is 19.2 Å². The second-order valence-electron chi connectivity index (χ2n) is 9.69. The Labute approximate surface area is 219 Å². The molecule has 1 N–H and O–H groups in total. The Hall–Kier alpha value is -3.40. The molecule has 0 spiro atoms. The molecule has 1 saturated heterocycles. The number of carbonyl (C=O) groups excluding carboxylic acids is 1. The highest BCUT2D eigenvalue weighted by molar-refractivity contribution is 7.82. The molecule has 0 amide bonds. The van der Waals surface area contributed by atoms with Gasteiger partial charge in [-0.1, -0.05) is 74.0 Å². The fraction of sp³-hybridized carbons (Fsp3) is 0.321. The molecule has 37 heavy (non-hydrogen) atoms. The fourth-order valence-electron chi connectivity index (χ4n) is 5.05. The lowest BCUT2D eigenvalue weighted by Crippen LogP contribution is -2.53. The standard InChI is InChI=1S/C28H31N3O5S/c1-19(2)18-28(27(32)36-4)25(21-12-14-23(15-13-21)31(33)34)30(26(29-28)22-8-6-5-7-9-22)37(35)24-16-10-20(3)11-17-24/h5-17,19,25-26,29H,18H2,1-4H3/t25-,26+,28-,37?/m0/s1. The number of non-ortho nitro benzene ring substituents is 1. The summed E-state index contributed by atoms with van der Waals surface area (Å²) in [5.41, 5.74) is 1.18. The van der Waals surface area contributed by atoms with Crippen LogP contribution in [0.4, 0.5) is 5.69 Å². The molecule has 3 aromatic carbocycles. The average Bonchev–Trinajstić information content (AvgIpc) is 3.24. The summed E-state index contributed by atoms with van der Waals surface area (Å²) in [5.74, 6) is -0.398. The third-order valence-corrected chi connectivity index (χ3v) is 8.08. The number of nitro groups is 1. The number of aryl methyl sites for hydroxylation is 1. The first kappa shape index (κ1) is 26.7. The van der Waals surface area contributed by atoms with E-state index in [1.807, 2.05) is 75.4 Å². The number of methoxy groups -OCH3 is 1. The van der Waals surface area contributed by atoms with Crippen LogP contribution in [0.25, 0.3) is 0 Å². The maximum absolute atomic E-state index is 14.3. The summed E-state index contributed by atoms with van der Waals surface area (Å²) in [4.78, 5) is 25.1. The highest BCUT2D eigenvalue weighted by Crippen LogP contribution is 2.49. The molecule has 194 valence electrons. The van der Waals surface area contributed by atoms with Gasteiger partial charge in [0.2, 0.25) is 0 Å². The molecular formula is C28H31N3O5S. The van der Waals surface area contributed by atoms with Crippen molar-refractivity contribution < 1.29 is 18.7 Å². The van der Waals surface area contributed by atoms with E-state index in [4.69, 9.17) is 4.74 Å². The summed E-state index contributed by atoms with van der Waals surface area (Å²) in [7, 11) is -0.350. The number of hydrogen-bond acceptors (Lipinski definition) is 6. The molecule has 3 aromatic rings. The molecule has 0 aromatic heterocycles. The third kappa shape index (κ3) is 5.20. The van der Waals surface area contributed by atoms with Crippen LogP contribution in [0, 0.1) is 23.0 Å². The van der Waals surface area contributed by atoms with Crippen molar-refractivity contribution in [2.45, 2.75) is 49.8 Å². The highest BCUT2D eigenvalue weighted by atomic mass is 32.2. The van der Waals surface area contributed by atoms with Gasteiger partial charge in [-0.25, -0.2) is 9.00 Å². The maximum Gasteiger partial charge on any atom is 0.328 e. The lowest BCUT2D eigenvalue weighted by Gasteiger charge is -2.36. The second-order valence-corrected chi connectivity index (χ2v) is 11.1. The predicted molar refractivity (Wildman–Crippen MR) is 142 cm³/mol. The Balaban J connectivity index is 1.97. The lowest BCUT2D eigenvalue weighted by molar-refractivity contribution is -0.384. The topological polar surface area (TPSA) is 102 Å². The van der Waals surface area contributed by atoms with Crippen molar-refractivity contribution in [3.8, 4) is 0 Å². The molecule has 0 saturated carbocycles. The first-order chi connectivity index (χ1) is 17.7. The van der Waals surface area contributed by atoms with E-state index >= 15 is 0 Å². The summed E-state index contributed by atoms with van der Waals surface area (Å²) in [6.07, 6.45) is -0.201. The van der Waals surface area contributed by atoms with Gasteiger partial charge in [0.15, 0.2) is 0 Å². The van der Waals surface area contributed by atoms with Gasteiger partial charge in [-0.15, -0.1) is 0 Å². The van der Waals surface area contributed by atoms with Gasteiger partial charge in [-0.2, -0.15) is 4.31 Å². The van der Waals surface area contributed by atoms with Gasteiger partial charge >= 0.3 is 5.97 Å². The number of carbonyl (C=O) groups is 1. The molecule has 0 bridgehead atoms. The SMILES string of the molecule is COC(=O)[C@@]1(CC(C)C)N[C@@H](c2ccccc2)N(S(=O)c2ccc(C)cc2)[C@H]1c1ccc([N+](=O)[O-])cc1. The van der Waals surface area contributed by atoms with Crippen LogP contribution in [0.1, 0.15) is 49.2 Å². The van der Waals surface area contributed by atoms with Crippen LogP contribution < -0.4 is 5.32 Å². The summed E-state index contributed by atoms with van der Waals surface area (Å²) < 4.78 is 21.5. The van der Waals surface area contributed by atoms with Gasteiger partial charge in [-0.05, 0) is 42.5 Å². The summed E-state index contributed by atoms with van der Waals surface area (Å²) in [5, 5.41) is 14.9. The van der Waals surface area contributed by atoms with Crippen LogP contribution >= 0.6 is 0 Å². The molecule has 8 nitrogen and oxygen atoms in total. The molecule has 9 heteroatoms. The average molecular weight is 522 g/mol. The van der Waals surface area contributed by atoms with Crippen molar-refractivity contribution in [3.63, 3.8) is 0 Å². The molecule has 0 aliphatic carbocycles. The Morgan fingerprint density at radius 1 is 1.05 bits per heavy atom. The molecule has 1 fully saturated rings. The zero-order valence-corrected chi connectivity index (χ0v) is 22.1. The van der Waals surface area contributed by atoms with E-state index in [0.29, 0.717) is 16.9 Å². The number of ether oxygens (including phenoxy) is 1. The first-order valence-electron chi connectivity index (χ1n) is 12.1. The Kier molecular flexibility index (Phi) is 7.87. The Bertz CT molecular complexity index is 1280. The third-order valence-electron chi connectivity index (χ3n) is 6.60. The quantitative estimate of drug-likeness (QED) is 0.247. The van der Waals surface area contributed by atoms with Crippen LogP contribution in [-0.2, 0) is 20.5 Å². The summed E-state index contributed by atoms with van der Waals surface area (Å²) >= 11 is 0.